The lowest BCUT2D eigenvalue weighted by atomic mass is 9.78. The molecule has 1 atom stereocenters. The molecule has 0 aromatic heterocycles. The summed E-state index contributed by atoms with van der Waals surface area (Å²) >= 11 is 0. The molecule has 1 aromatic rings. The minimum atomic E-state index is -4.44. The molecule has 1 aliphatic carbocycles. The van der Waals surface area contributed by atoms with Crippen molar-refractivity contribution in [2.24, 2.45) is 5.41 Å². The van der Waals surface area contributed by atoms with Crippen molar-refractivity contribution in [1.29, 1.82) is 5.26 Å². The van der Waals surface area contributed by atoms with Crippen molar-refractivity contribution in [3.8, 4) is 6.07 Å². The van der Waals surface area contributed by atoms with E-state index in [2.05, 4.69) is 6.07 Å². The zero-order valence-electron chi connectivity index (χ0n) is 10.2. The number of nitriles is 1. The molecule has 2 rings (SSSR count). The van der Waals surface area contributed by atoms with Crippen LogP contribution in [0, 0.1) is 16.7 Å². The number of hydrogen-bond acceptors (Lipinski definition) is 2. The van der Waals surface area contributed by atoms with E-state index in [9.17, 15) is 23.5 Å². The number of rotatable bonds is 2. The zero-order valence-corrected chi connectivity index (χ0v) is 10.2. The van der Waals surface area contributed by atoms with Gasteiger partial charge in [-0.1, -0.05) is 25.0 Å². The van der Waals surface area contributed by atoms with Crippen LogP contribution >= 0.6 is 0 Å². The molecule has 1 aromatic carbocycles. The van der Waals surface area contributed by atoms with Gasteiger partial charge in [-0.15, -0.1) is 0 Å². The fourth-order valence-corrected chi connectivity index (χ4v) is 2.66. The third kappa shape index (κ3) is 2.59. The Labute approximate surface area is 109 Å². The maximum absolute atomic E-state index is 12.6. The minimum absolute atomic E-state index is 0.165. The summed E-state index contributed by atoms with van der Waals surface area (Å²) in [7, 11) is 0. The van der Waals surface area contributed by atoms with Crippen molar-refractivity contribution >= 4 is 0 Å². The molecular weight excluding hydrogens is 255 g/mol. The van der Waals surface area contributed by atoms with Gasteiger partial charge >= 0.3 is 6.18 Å². The number of benzene rings is 1. The van der Waals surface area contributed by atoms with Crippen molar-refractivity contribution in [2.75, 3.05) is 0 Å². The Bertz CT molecular complexity index is 498. The van der Waals surface area contributed by atoms with E-state index in [0.29, 0.717) is 12.8 Å². The van der Waals surface area contributed by atoms with Crippen molar-refractivity contribution < 1.29 is 18.3 Å². The summed E-state index contributed by atoms with van der Waals surface area (Å²) in [6, 6.07) is 6.70. The van der Waals surface area contributed by atoms with Gasteiger partial charge < -0.3 is 5.11 Å². The van der Waals surface area contributed by atoms with Gasteiger partial charge in [-0.05, 0) is 30.5 Å². The first-order valence-electron chi connectivity index (χ1n) is 6.15. The third-order valence-corrected chi connectivity index (χ3v) is 3.77. The van der Waals surface area contributed by atoms with E-state index in [-0.39, 0.29) is 5.56 Å². The van der Waals surface area contributed by atoms with Gasteiger partial charge in [-0.3, -0.25) is 0 Å². The Morgan fingerprint density at radius 1 is 1.26 bits per heavy atom. The third-order valence-electron chi connectivity index (χ3n) is 3.77. The molecule has 1 N–H and O–H groups in total. The van der Waals surface area contributed by atoms with Crippen LogP contribution in [0.3, 0.4) is 0 Å². The topological polar surface area (TPSA) is 44.0 Å². The van der Waals surface area contributed by atoms with E-state index in [1.54, 1.807) is 0 Å². The van der Waals surface area contributed by atoms with Crippen LogP contribution in [0.4, 0.5) is 13.2 Å². The SMILES string of the molecule is N#CC1(C(O)c2cccc(C(F)(F)F)c2)CCCC1. The zero-order chi connectivity index (χ0) is 14.1. The molecule has 19 heavy (non-hydrogen) atoms. The predicted octanol–water partition coefficient (Wildman–Crippen LogP) is 3.82. The van der Waals surface area contributed by atoms with Crippen LogP contribution in [0.25, 0.3) is 0 Å². The number of aliphatic hydroxyl groups excluding tert-OH is 1. The molecule has 1 unspecified atom stereocenters. The van der Waals surface area contributed by atoms with E-state index in [4.69, 9.17) is 0 Å². The largest absolute Gasteiger partial charge is 0.416 e. The fraction of sp³-hybridized carbons (Fsp3) is 0.500. The van der Waals surface area contributed by atoms with Gasteiger partial charge in [-0.2, -0.15) is 18.4 Å². The van der Waals surface area contributed by atoms with Crippen LogP contribution in [0.15, 0.2) is 24.3 Å². The quantitative estimate of drug-likeness (QED) is 0.886. The van der Waals surface area contributed by atoms with Gasteiger partial charge in [0.1, 0.15) is 0 Å². The summed E-state index contributed by atoms with van der Waals surface area (Å²) in [5.41, 5.74) is -1.57. The molecule has 0 radical (unpaired) electrons. The van der Waals surface area contributed by atoms with E-state index in [1.807, 2.05) is 0 Å². The number of halogens is 3. The van der Waals surface area contributed by atoms with Crippen LogP contribution < -0.4 is 0 Å². The summed E-state index contributed by atoms with van der Waals surface area (Å²) in [5.74, 6) is 0. The smallest absolute Gasteiger partial charge is 0.387 e. The number of aliphatic hydroxyl groups is 1. The average Bonchev–Trinajstić information content (AvgIpc) is 2.87. The van der Waals surface area contributed by atoms with E-state index in [0.717, 1.165) is 25.0 Å². The molecule has 1 saturated carbocycles. The van der Waals surface area contributed by atoms with Gasteiger partial charge in [0.2, 0.25) is 0 Å². The highest BCUT2D eigenvalue weighted by molar-refractivity contribution is 5.30. The summed E-state index contributed by atoms with van der Waals surface area (Å²) in [6.45, 7) is 0. The lowest BCUT2D eigenvalue weighted by molar-refractivity contribution is -0.137. The van der Waals surface area contributed by atoms with Crippen molar-refractivity contribution in [3.63, 3.8) is 0 Å². The first-order chi connectivity index (χ1) is 8.89. The highest BCUT2D eigenvalue weighted by atomic mass is 19.4. The van der Waals surface area contributed by atoms with Gasteiger partial charge in [0.05, 0.1) is 23.2 Å². The van der Waals surface area contributed by atoms with Crippen LogP contribution in [-0.2, 0) is 6.18 Å². The van der Waals surface area contributed by atoms with Crippen LogP contribution in [0.2, 0.25) is 0 Å². The summed E-state index contributed by atoms with van der Waals surface area (Å²) in [5, 5.41) is 19.5. The van der Waals surface area contributed by atoms with E-state index in [1.165, 1.54) is 12.1 Å². The van der Waals surface area contributed by atoms with Gasteiger partial charge in [-0.25, -0.2) is 0 Å². The Morgan fingerprint density at radius 2 is 1.89 bits per heavy atom. The highest BCUT2D eigenvalue weighted by Gasteiger charge is 2.42. The summed E-state index contributed by atoms with van der Waals surface area (Å²) < 4.78 is 37.9. The molecule has 1 fully saturated rings. The standard InChI is InChI=1S/C14H14F3NO/c15-14(16,17)11-5-3-4-10(8-11)12(19)13(9-18)6-1-2-7-13/h3-5,8,12,19H,1-2,6-7H2. The summed E-state index contributed by atoms with van der Waals surface area (Å²) in [6.07, 6.45) is -2.90. The second-order valence-electron chi connectivity index (χ2n) is 5.00. The van der Waals surface area contributed by atoms with E-state index < -0.39 is 23.3 Å². The normalized spacial score (nSPS) is 19.9. The molecule has 0 bridgehead atoms. The van der Waals surface area contributed by atoms with Crippen LogP contribution in [0.1, 0.15) is 42.9 Å². The molecule has 2 nitrogen and oxygen atoms in total. The number of nitrogens with zero attached hydrogens (tertiary/aromatic N) is 1. The number of alkyl halides is 3. The Hall–Kier alpha value is -1.54. The minimum Gasteiger partial charge on any atom is -0.387 e. The van der Waals surface area contributed by atoms with Crippen molar-refractivity contribution in [2.45, 2.75) is 38.0 Å². The maximum Gasteiger partial charge on any atom is 0.416 e. The molecule has 0 aliphatic heterocycles. The molecule has 0 spiro atoms. The Balaban J connectivity index is 2.34. The molecule has 0 saturated heterocycles. The van der Waals surface area contributed by atoms with E-state index >= 15 is 0 Å². The van der Waals surface area contributed by atoms with Gasteiger partial charge in [0.25, 0.3) is 0 Å². The highest BCUT2D eigenvalue weighted by Crippen LogP contribution is 2.47. The lowest BCUT2D eigenvalue weighted by Gasteiger charge is -2.27. The second-order valence-corrected chi connectivity index (χ2v) is 5.00. The predicted molar refractivity (Wildman–Crippen MR) is 62.9 cm³/mol. The van der Waals surface area contributed by atoms with Crippen molar-refractivity contribution in [1.82, 2.24) is 0 Å². The Morgan fingerprint density at radius 3 is 2.42 bits per heavy atom. The lowest BCUT2D eigenvalue weighted by Crippen LogP contribution is -2.24. The van der Waals surface area contributed by atoms with Crippen LogP contribution in [-0.4, -0.2) is 5.11 Å². The van der Waals surface area contributed by atoms with Gasteiger partial charge in [0.15, 0.2) is 0 Å². The summed E-state index contributed by atoms with van der Waals surface area (Å²) in [4.78, 5) is 0. The molecule has 0 heterocycles. The first kappa shape index (κ1) is 13.9. The fourth-order valence-electron chi connectivity index (χ4n) is 2.66. The Kier molecular flexibility index (Phi) is 3.55. The molecule has 0 amide bonds. The number of hydrogen-bond donors (Lipinski definition) is 1. The van der Waals surface area contributed by atoms with Crippen LogP contribution in [0.5, 0.6) is 0 Å². The average molecular weight is 269 g/mol. The molecular formula is C14H14F3NO. The molecule has 102 valence electrons. The second kappa shape index (κ2) is 4.86. The molecule has 5 heteroatoms. The monoisotopic (exact) mass is 269 g/mol. The van der Waals surface area contributed by atoms with Crippen molar-refractivity contribution in [3.05, 3.63) is 35.4 Å². The molecule has 1 aliphatic rings. The van der Waals surface area contributed by atoms with Gasteiger partial charge in [0, 0.05) is 0 Å². The first-order valence-corrected chi connectivity index (χ1v) is 6.15. The maximum atomic E-state index is 12.6.